The molecule has 200 valence electrons. The molecule has 0 aliphatic heterocycles. The maximum absolute atomic E-state index is 14.7. The second kappa shape index (κ2) is 9.95. The summed E-state index contributed by atoms with van der Waals surface area (Å²) in [6, 6.07) is 22.4. The lowest BCUT2D eigenvalue weighted by Crippen LogP contribution is -2.19. The molecule has 0 unspecified atom stereocenters. The maximum atomic E-state index is 14.7. The van der Waals surface area contributed by atoms with E-state index in [1.165, 1.54) is 54.6 Å². The van der Waals surface area contributed by atoms with E-state index in [0.717, 1.165) is 0 Å². The Balaban J connectivity index is 1.87. The van der Waals surface area contributed by atoms with Crippen LogP contribution in [0, 0.1) is 29.1 Å². The third-order valence-electron chi connectivity index (χ3n) is 5.69. The van der Waals surface area contributed by atoms with Gasteiger partial charge in [0.05, 0.1) is 0 Å². The van der Waals surface area contributed by atoms with Gasteiger partial charge in [0.25, 0.3) is 0 Å². The monoisotopic (exact) mass is 578 g/mol. The lowest BCUT2D eigenvalue weighted by Gasteiger charge is -2.39. The molecule has 0 spiro atoms. The Kier molecular flexibility index (Phi) is 6.79. The van der Waals surface area contributed by atoms with Crippen LogP contribution in [0.4, 0.5) is 22.0 Å². The molecule has 0 amide bonds. The van der Waals surface area contributed by atoms with E-state index in [-0.39, 0.29) is 20.3 Å². The average molecular weight is 579 g/mol. The molecule has 0 saturated carbocycles. The van der Waals surface area contributed by atoms with Crippen LogP contribution in [-0.2, 0) is 13.7 Å². The minimum Gasteiger partial charge on any atom is -0.423 e. The van der Waals surface area contributed by atoms with Crippen LogP contribution in [0.2, 0.25) is 0 Å². The largest absolute Gasteiger partial charge is 0.423 e. The summed E-state index contributed by atoms with van der Waals surface area (Å²) in [6.45, 7) is 0. The Hall–Kier alpha value is -4.00. The van der Waals surface area contributed by atoms with Crippen molar-refractivity contribution < 1.29 is 38.4 Å². The van der Waals surface area contributed by atoms with Crippen molar-refractivity contribution in [3.05, 3.63) is 131 Å². The van der Waals surface area contributed by atoms with Crippen molar-refractivity contribution in [1.29, 1.82) is 0 Å². The Morgan fingerprint density at radius 2 is 1.08 bits per heavy atom. The number of hydrogen-bond donors (Lipinski definition) is 0. The average Bonchev–Trinajstić information content (AvgIpc) is 2.94. The van der Waals surface area contributed by atoms with Crippen LogP contribution >= 0.6 is 10.3 Å². The highest BCUT2D eigenvalue weighted by molar-refractivity contribution is 8.33. The van der Waals surface area contributed by atoms with Crippen LogP contribution in [-0.4, -0.2) is 8.42 Å². The van der Waals surface area contributed by atoms with E-state index in [0.29, 0.717) is 5.39 Å². The first kappa shape index (κ1) is 26.6. The standard InChI is InChI=1S/C27H15F5O5S2/c28-22-23(29)25(31)27(26(32)24(22)30)39(34,35)37-38(17-7-3-1-4-8-17,18-9-5-2-6-10-18)19-13-11-16-12-14-21(33)36-20(16)15-19/h1-15H. The highest BCUT2D eigenvalue weighted by Crippen LogP contribution is 2.70. The first-order valence-corrected chi connectivity index (χ1v) is 14.0. The molecule has 12 heteroatoms. The smallest absolute Gasteiger partial charge is 0.336 e. The van der Waals surface area contributed by atoms with Crippen molar-refractivity contribution in [2.75, 3.05) is 0 Å². The molecule has 4 aromatic carbocycles. The van der Waals surface area contributed by atoms with Gasteiger partial charge in [-0.3, -0.25) is 0 Å². The van der Waals surface area contributed by atoms with Gasteiger partial charge in [-0.1, -0.05) is 42.5 Å². The molecule has 0 atom stereocenters. The van der Waals surface area contributed by atoms with Gasteiger partial charge in [0.15, 0.2) is 28.2 Å². The van der Waals surface area contributed by atoms with Crippen LogP contribution in [0.5, 0.6) is 0 Å². The van der Waals surface area contributed by atoms with Gasteiger partial charge in [0, 0.05) is 26.1 Å². The number of rotatable bonds is 6. The Bertz CT molecular complexity index is 1810. The van der Waals surface area contributed by atoms with Crippen LogP contribution in [0.25, 0.3) is 11.0 Å². The van der Waals surface area contributed by atoms with Crippen molar-refractivity contribution in [2.24, 2.45) is 0 Å². The molecular weight excluding hydrogens is 563 g/mol. The first-order chi connectivity index (χ1) is 18.6. The summed E-state index contributed by atoms with van der Waals surface area (Å²) < 4.78 is 109. The summed E-state index contributed by atoms with van der Waals surface area (Å²) in [5, 5.41) is 0.468. The molecular formula is C27H15F5O5S2. The Labute approximate surface area is 219 Å². The van der Waals surface area contributed by atoms with E-state index in [2.05, 4.69) is 0 Å². The molecule has 0 aliphatic rings. The lowest BCUT2D eigenvalue weighted by molar-refractivity contribution is 0.354. The fraction of sp³-hybridized carbons (Fsp3) is 0. The van der Waals surface area contributed by atoms with Gasteiger partial charge < -0.3 is 4.42 Å². The normalized spacial score (nSPS) is 12.5. The van der Waals surface area contributed by atoms with Gasteiger partial charge in [0.2, 0.25) is 5.82 Å². The summed E-state index contributed by atoms with van der Waals surface area (Å²) in [5.74, 6) is -12.5. The van der Waals surface area contributed by atoms with Crippen molar-refractivity contribution in [3.63, 3.8) is 0 Å². The molecule has 5 rings (SSSR count). The molecule has 1 heterocycles. The summed E-state index contributed by atoms with van der Waals surface area (Å²) >= 11 is 0. The molecule has 1 aromatic heterocycles. The highest BCUT2D eigenvalue weighted by atomic mass is 32.3. The summed E-state index contributed by atoms with van der Waals surface area (Å²) in [5.41, 5.74) is -0.657. The fourth-order valence-corrected chi connectivity index (χ4v) is 9.28. The van der Waals surface area contributed by atoms with Crippen LogP contribution in [0.3, 0.4) is 0 Å². The quantitative estimate of drug-likeness (QED) is 0.0931. The topological polar surface area (TPSA) is 73.6 Å². The zero-order valence-electron chi connectivity index (χ0n) is 19.4. The van der Waals surface area contributed by atoms with Gasteiger partial charge in [-0.05, 0) is 52.8 Å². The van der Waals surface area contributed by atoms with E-state index in [1.54, 1.807) is 36.4 Å². The third kappa shape index (κ3) is 4.50. The van der Waals surface area contributed by atoms with Crippen molar-refractivity contribution >= 4 is 31.4 Å². The number of benzene rings is 4. The maximum Gasteiger partial charge on any atom is 0.336 e. The zero-order valence-corrected chi connectivity index (χ0v) is 21.0. The second-order valence-electron chi connectivity index (χ2n) is 8.06. The van der Waals surface area contributed by atoms with Gasteiger partial charge >= 0.3 is 15.7 Å². The molecule has 39 heavy (non-hydrogen) atoms. The van der Waals surface area contributed by atoms with E-state index in [1.807, 2.05) is 0 Å². The highest BCUT2D eigenvalue weighted by Gasteiger charge is 2.42. The fourth-order valence-electron chi connectivity index (χ4n) is 3.94. The van der Waals surface area contributed by atoms with Crippen LogP contribution < -0.4 is 5.63 Å². The van der Waals surface area contributed by atoms with Crippen molar-refractivity contribution in [3.8, 4) is 0 Å². The van der Waals surface area contributed by atoms with E-state index in [4.69, 9.17) is 8.05 Å². The second-order valence-corrected chi connectivity index (χ2v) is 12.4. The van der Waals surface area contributed by atoms with Crippen molar-refractivity contribution in [2.45, 2.75) is 19.6 Å². The lowest BCUT2D eigenvalue weighted by atomic mass is 10.2. The minimum absolute atomic E-state index is 0.0426. The number of hydrogen-bond acceptors (Lipinski definition) is 5. The van der Waals surface area contributed by atoms with Crippen LogP contribution in [0.15, 0.2) is 120 Å². The molecule has 0 N–H and O–H groups in total. The van der Waals surface area contributed by atoms with Gasteiger partial charge in [-0.15, -0.1) is 0 Å². The van der Waals surface area contributed by atoms with E-state index in [9.17, 15) is 35.2 Å². The summed E-state index contributed by atoms with van der Waals surface area (Å²) in [4.78, 5) is 10.2. The van der Waals surface area contributed by atoms with Gasteiger partial charge in [-0.2, -0.15) is 8.42 Å². The Morgan fingerprint density at radius 3 is 1.62 bits per heavy atom. The third-order valence-corrected chi connectivity index (χ3v) is 10.9. The van der Waals surface area contributed by atoms with Gasteiger partial charge in [0.1, 0.15) is 5.58 Å². The zero-order chi connectivity index (χ0) is 27.9. The molecule has 5 aromatic rings. The predicted octanol–water partition coefficient (Wildman–Crippen LogP) is 7.09. The Morgan fingerprint density at radius 1 is 0.590 bits per heavy atom. The molecule has 0 aliphatic carbocycles. The molecule has 0 radical (unpaired) electrons. The summed E-state index contributed by atoms with van der Waals surface area (Å²) in [6.07, 6.45) is 0. The molecule has 0 bridgehead atoms. The first-order valence-electron chi connectivity index (χ1n) is 11.0. The summed E-state index contributed by atoms with van der Waals surface area (Å²) in [7, 11) is -9.23. The predicted molar refractivity (Wildman–Crippen MR) is 132 cm³/mol. The number of fused-ring (bicyclic) bond motifs is 1. The van der Waals surface area contributed by atoms with E-state index >= 15 is 0 Å². The van der Waals surface area contributed by atoms with Crippen LogP contribution in [0.1, 0.15) is 0 Å². The SMILES string of the molecule is O=c1ccc2ccc(S(OS(=O)(=O)c3c(F)c(F)c(F)c(F)c3F)(c3ccccc3)c3ccccc3)cc2o1. The molecule has 0 fully saturated rings. The minimum atomic E-state index is -5.70. The number of halogens is 5. The van der Waals surface area contributed by atoms with Crippen molar-refractivity contribution in [1.82, 2.24) is 0 Å². The molecule has 5 nitrogen and oxygen atoms in total. The van der Waals surface area contributed by atoms with Gasteiger partial charge in [-0.25, -0.2) is 30.4 Å². The van der Waals surface area contributed by atoms with E-state index < -0.39 is 60.0 Å². The molecule has 0 saturated heterocycles.